The van der Waals surface area contributed by atoms with Gasteiger partial charge >= 0.3 is 42.6 Å². The Balaban J connectivity index is 0.000000213. The van der Waals surface area contributed by atoms with Crippen molar-refractivity contribution in [1.82, 2.24) is 0 Å². The summed E-state index contributed by atoms with van der Waals surface area (Å²) < 4.78 is 4.94. The van der Waals surface area contributed by atoms with Gasteiger partial charge in [-0.1, -0.05) is 38.5 Å². The van der Waals surface area contributed by atoms with Crippen LogP contribution in [-0.2, 0) is 4.74 Å². The molecule has 0 bridgehead atoms. The topological polar surface area (TPSA) is 9.23 Å². The Hall–Kier alpha value is 0.557. The number of unbranched alkanes of at least 4 members (excludes halogenated alkanes) is 1. The van der Waals surface area contributed by atoms with E-state index in [-0.39, 0.29) is 0 Å². The Morgan fingerprint density at radius 3 is 1.38 bits per heavy atom. The molecule has 1 nitrogen and oxygen atoms in total. The summed E-state index contributed by atoms with van der Waals surface area (Å²) in [4.78, 5) is 0. The van der Waals surface area contributed by atoms with Gasteiger partial charge in [0.25, 0.3) is 0 Å². The van der Waals surface area contributed by atoms with E-state index in [1.165, 1.54) is 69.3 Å². The van der Waals surface area contributed by atoms with Crippen molar-refractivity contribution in [3.63, 3.8) is 0 Å². The third kappa shape index (κ3) is 14.6. The molecule has 0 radical (unpaired) electrons. The Bertz CT molecular complexity index is 88.2. The van der Waals surface area contributed by atoms with E-state index in [1.807, 2.05) is 0 Å². The molecule has 2 fully saturated rings. The second-order valence-electron chi connectivity index (χ2n) is 4.79. The number of ether oxygens (including phenoxy) is 1. The average molecular weight is 220 g/mol. The van der Waals surface area contributed by atoms with Crippen molar-refractivity contribution < 1.29 is 4.74 Å². The van der Waals surface area contributed by atoms with Crippen molar-refractivity contribution in [1.29, 1.82) is 0 Å². The van der Waals surface area contributed by atoms with Crippen LogP contribution in [0.15, 0.2) is 0 Å². The molecule has 0 spiro atoms. The van der Waals surface area contributed by atoms with Crippen molar-refractivity contribution in [2.24, 2.45) is 0 Å². The Kier molecular flexibility index (Phi) is 16.1. The van der Waals surface area contributed by atoms with Crippen LogP contribution in [0.4, 0.5) is 0 Å². The second kappa shape index (κ2) is 15.6. The van der Waals surface area contributed by atoms with Crippen LogP contribution < -0.4 is 0 Å². The van der Waals surface area contributed by atoms with Gasteiger partial charge in [-0.15, -0.1) is 0 Å². The van der Waals surface area contributed by atoms with Crippen molar-refractivity contribution in [2.75, 3.05) is 13.2 Å². The van der Waals surface area contributed by atoms with Gasteiger partial charge in [0.05, 0.1) is 0 Å². The van der Waals surface area contributed by atoms with E-state index < -0.39 is 0 Å². The first kappa shape index (κ1) is 16.6. The molecule has 2 aliphatic rings. The van der Waals surface area contributed by atoms with Crippen molar-refractivity contribution in [3.8, 4) is 0 Å². The van der Waals surface area contributed by atoms with E-state index in [2.05, 4.69) is 24.6 Å². The summed E-state index contributed by atoms with van der Waals surface area (Å²) in [7, 11) is 0. The quantitative estimate of drug-likeness (QED) is 0.622. The Morgan fingerprint density at radius 2 is 1.25 bits per heavy atom. The molecule has 0 aromatic rings. The van der Waals surface area contributed by atoms with Gasteiger partial charge in [0.1, 0.15) is 0 Å². The molecule has 16 heavy (non-hydrogen) atoms. The third-order valence-corrected chi connectivity index (χ3v) is 3.03. The van der Waals surface area contributed by atoms with Crippen LogP contribution >= 0.6 is 0 Å². The fourth-order valence-electron chi connectivity index (χ4n) is 1.92. The zero-order chi connectivity index (χ0) is 11.9. The van der Waals surface area contributed by atoms with Gasteiger partial charge in [0.2, 0.25) is 0 Å². The molecule has 92 valence electrons. The minimum atomic E-state index is 1.00. The molecule has 0 unspecified atom stereocenters. The molecule has 1 aliphatic heterocycles. The van der Waals surface area contributed by atoms with Gasteiger partial charge in [0, 0.05) is 13.2 Å². The van der Waals surface area contributed by atoms with E-state index in [9.17, 15) is 0 Å². The molecule has 1 aliphatic carbocycles. The predicted octanol–water partition coefficient (Wildman–Crippen LogP) is 4.51. The fraction of sp³-hybridized carbons (Fsp3) is 1.00. The molecular weight excluding hydrogens is 191 g/mol. The predicted molar refractivity (Wildman–Crippen MR) is 73.2 cm³/mol. The van der Waals surface area contributed by atoms with Crippen LogP contribution in [0, 0.1) is 0 Å². The SMILES string of the molecule is C1CCCCC1.C1CCOC1.[Li][CH2]CCC. The number of hydrogen-bond acceptors (Lipinski definition) is 1. The van der Waals surface area contributed by atoms with Crippen molar-refractivity contribution in [3.05, 3.63) is 0 Å². The van der Waals surface area contributed by atoms with Crippen LogP contribution in [0.1, 0.15) is 71.1 Å². The summed E-state index contributed by atoms with van der Waals surface area (Å²) in [6.07, 6.45) is 14.3. The van der Waals surface area contributed by atoms with E-state index >= 15 is 0 Å². The molecule has 2 heteroatoms. The number of hydrogen-bond donors (Lipinski definition) is 0. The summed E-state index contributed by atoms with van der Waals surface area (Å²) in [5, 5.41) is 1.34. The second-order valence-corrected chi connectivity index (χ2v) is 4.79. The maximum atomic E-state index is 4.94. The molecule has 0 N–H and O–H groups in total. The van der Waals surface area contributed by atoms with Gasteiger partial charge in [-0.2, -0.15) is 0 Å². The summed E-state index contributed by atoms with van der Waals surface area (Å²) in [5.41, 5.74) is 0. The molecule has 1 saturated heterocycles. The van der Waals surface area contributed by atoms with Crippen LogP contribution in [0.2, 0.25) is 5.09 Å². The van der Waals surface area contributed by atoms with Gasteiger partial charge < -0.3 is 4.74 Å². The first-order chi connectivity index (χ1) is 7.91. The first-order valence-electron chi connectivity index (χ1n) is 7.49. The third-order valence-electron chi connectivity index (χ3n) is 3.03. The van der Waals surface area contributed by atoms with E-state index in [1.54, 1.807) is 0 Å². The maximum absolute atomic E-state index is 4.94. The minimum absolute atomic E-state index is 1.00. The standard InChI is InChI=1S/C6H12.C4H8O.C4H9.Li/c1-2-4-6-5-3-1;1-2-4-5-3-1;1-3-4-2;/h1-6H2;1-4H2;1,3-4H2,2H3;. The van der Waals surface area contributed by atoms with Crippen LogP contribution in [0.25, 0.3) is 0 Å². The van der Waals surface area contributed by atoms with E-state index in [0.717, 1.165) is 13.2 Å². The molecule has 1 saturated carbocycles. The molecular formula is C14H29LiO. The molecule has 0 aromatic heterocycles. The average Bonchev–Trinajstić information content (AvgIpc) is 2.92. The van der Waals surface area contributed by atoms with Crippen molar-refractivity contribution >= 4 is 17.7 Å². The number of rotatable bonds is 2. The van der Waals surface area contributed by atoms with Gasteiger partial charge in [0.15, 0.2) is 0 Å². The Morgan fingerprint density at radius 1 is 0.812 bits per heavy atom. The van der Waals surface area contributed by atoms with Gasteiger partial charge in [-0.05, 0) is 12.8 Å². The molecule has 0 atom stereocenters. The normalized spacial score (nSPS) is 19.2. The fourth-order valence-corrected chi connectivity index (χ4v) is 1.92. The summed E-state index contributed by atoms with van der Waals surface area (Å²) in [5.74, 6) is 0. The van der Waals surface area contributed by atoms with E-state index in [0.29, 0.717) is 0 Å². The molecule has 2 rings (SSSR count). The zero-order valence-corrected chi connectivity index (χ0v) is 11.6. The summed E-state index contributed by atoms with van der Waals surface area (Å²) in [6, 6.07) is 0. The van der Waals surface area contributed by atoms with Crippen LogP contribution in [-0.4, -0.2) is 30.9 Å². The molecule has 0 aromatic carbocycles. The Labute approximate surface area is 112 Å². The van der Waals surface area contributed by atoms with Crippen LogP contribution in [0.3, 0.4) is 0 Å². The summed E-state index contributed by atoms with van der Waals surface area (Å²) >= 11 is 2.21. The molecule has 0 amide bonds. The van der Waals surface area contributed by atoms with Crippen molar-refractivity contribution in [2.45, 2.75) is 76.2 Å². The zero-order valence-electron chi connectivity index (χ0n) is 11.6. The summed E-state index contributed by atoms with van der Waals surface area (Å²) in [6.45, 7) is 4.21. The monoisotopic (exact) mass is 220 g/mol. The van der Waals surface area contributed by atoms with Gasteiger partial charge in [-0.3, -0.25) is 0 Å². The molecule has 1 heterocycles. The first-order valence-corrected chi connectivity index (χ1v) is 7.49. The van der Waals surface area contributed by atoms with Crippen LogP contribution in [0.5, 0.6) is 0 Å². The van der Waals surface area contributed by atoms with Gasteiger partial charge in [-0.25, -0.2) is 0 Å². The van der Waals surface area contributed by atoms with E-state index in [4.69, 9.17) is 4.74 Å².